The van der Waals surface area contributed by atoms with Gasteiger partial charge < -0.3 is 37.2 Å². The number of aliphatic hydroxyl groups is 2. The maximum atomic E-state index is 12.1. The average Bonchev–Trinajstić information content (AvgIpc) is 2.60. The fourth-order valence-electron chi connectivity index (χ4n) is 1.96. The summed E-state index contributed by atoms with van der Waals surface area (Å²) in [5.74, 6) is -6.65. The SMILES string of the molecule is Nc1nc(C(=O)NC(CO)C(=O)O)c(N)nc1C(=O)CC[C@H](CO)C(=O)O. The van der Waals surface area contributed by atoms with Gasteiger partial charge in [-0.3, -0.25) is 14.4 Å². The zero-order valence-electron chi connectivity index (χ0n) is 14.0. The Bertz CT molecular complexity index is 753. The van der Waals surface area contributed by atoms with Gasteiger partial charge in [-0.2, -0.15) is 0 Å². The van der Waals surface area contributed by atoms with Gasteiger partial charge in [-0.05, 0) is 6.42 Å². The number of hydrogen-bond acceptors (Lipinski definition) is 10. The number of ketones is 1. The maximum absolute atomic E-state index is 12.1. The number of anilines is 2. The highest BCUT2D eigenvalue weighted by atomic mass is 16.4. The first-order valence-corrected chi connectivity index (χ1v) is 7.56. The van der Waals surface area contributed by atoms with E-state index in [1.165, 1.54) is 0 Å². The summed E-state index contributed by atoms with van der Waals surface area (Å²) in [6.45, 7) is -1.53. The second-order valence-electron chi connectivity index (χ2n) is 5.42. The van der Waals surface area contributed by atoms with E-state index in [0.29, 0.717) is 0 Å². The number of carbonyl (C=O) groups is 4. The third kappa shape index (κ3) is 5.58. The molecule has 1 amide bonds. The standard InChI is InChI=1S/C14H19N5O8/c15-10-8(7(22)2-1-5(3-20)13(24)25)18-11(16)9(19-10)12(23)17-6(4-21)14(26)27/h5-6,20-21H,1-4H2,(H2,15,19)(H2,16,18)(H,17,23)(H,24,25)(H,26,27)/t5-,6?/m1/s1. The molecule has 0 aliphatic rings. The number of rotatable bonds is 10. The van der Waals surface area contributed by atoms with Crippen molar-refractivity contribution in [2.24, 2.45) is 5.92 Å². The molecule has 0 aliphatic heterocycles. The molecular weight excluding hydrogens is 366 g/mol. The Morgan fingerprint density at radius 3 is 1.96 bits per heavy atom. The molecule has 0 saturated heterocycles. The van der Waals surface area contributed by atoms with E-state index in [2.05, 4.69) is 9.97 Å². The summed E-state index contributed by atoms with van der Waals surface area (Å²) in [4.78, 5) is 53.1. The summed E-state index contributed by atoms with van der Waals surface area (Å²) in [7, 11) is 0. The average molecular weight is 385 g/mol. The fraction of sp³-hybridized carbons (Fsp3) is 0.429. The van der Waals surface area contributed by atoms with Crippen molar-refractivity contribution in [1.82, 2.24) is 15.3 Å². The summed E-state index contributed by atoms with van der Waals surface area (Å²) < 4.78 is 0. The lowest BCUT2D eigenvalue weighted by Crippen LogP contribution is -2.44. The molecule has 0 saturated carbocycles. The Morgan fingerprint density at radius 1 is 0.926 bits per heavy atom. The van der Waals surface area contributed by atoms with Crippen LogP contribution in [0.3, 0.4) is 0 Å². The first-order valence-electron chi connectivity index (χ1n) is 7.56. The lowest BCUT2D eigenvalue weighted by molar-refractivity contribution is -0.143. The molecular formula is C14H19N5O8. The van der Waals surface area contributed by atoms with Gasteiger partial charge in [0.15, 0.2) is 34.8 Å². The predicted octanol–water partition coefficient (Wildman–Crippen LogP) is -2.53. The van der Waals surface area contributed by atoms with Crippen LogP contribution >= 0.6 is 0 Å². The van der Waals surface area contributed by atoms with Gasteiger partial charge in [0, 0.05) is 6.42 Å². The third-order valence-corrected chi connectivity index (χ3v) is 3.50. The smallest absolute Gasteiger partial charge is 0.328 e. The number of carbonyl (C=O) groups excluding carboxylic acids is 2. The Balaban J connectivity index is 2.97. The van der Waals surface area contributed by atoms with Crippen LogP contribution in [0.15, 0.2) is 0 Å². The molecule has 0 bridgehead atoms. The number of carboxylic acid groups (broad SMARTS) is 2. The van der Waals surface area contributed by atoms with Gasteiger partial charge in [0.1, 0.15) is 0 Å². The molecule has 0 spiro atoms. The molecule has 13 nitrogen and oxygen atoms in total. The van der Waals surface area contributed by atoms with Crippen LogP contribution in [0.1, 0.15) is 33.8 Å². The fourth-order valence-corrected chi connectivity index (χ4v) is 1.96. The minimum absolute atomic E-state index is 0.176. The summed E-state index contributed by atoms with van der Waals surface area (Å²) in [5.41, 5.74) is 10.2. The van der Waals surface area contributed by atoms with Gasteiger partial charge in [0.2, 0.25) is 0 Å². The van der Waals surface area contributed by atoms with E-state index in [0.717, 1.165) is 0 Å². The van der Waals surface area contributed by atoms with Crippen LogP contribution in [0.4, 0.5) is 11.6 Å². The number of carboxylic acids is 2. The van der Waals surface area contributed by atoms with Crippen molar-refractivity contribution in [3.8, 4) is 0 Å². The van der Waals surface area contributed by atoms with Gasteiger partial charge in [-0.1, -0.05) is 0 Å². The van der Waals surface area contributed by atoms with Crippen LogP contribution in [0.5, 0.6) is 0 Å². The second-order valence-corrected chi connectivity index (χ2v) is 5.42. The molecule has 2 atom stereocenters. The van der Waals surface area contributed by atoms with Crippen molar-refractivity contribution in [2.45, 2.75) is 18.9 Å². The zero-order valence-corrected chi connectivity index (χ0v) is 14.0. The van der Waals surface area contributed by atoms with Crippen molar-refractivity contribution in [2.75, 3.05) is 24.7 Å². The molecule has 1 aromatic rings. The van der Waals surface area contributed by atoms with Crippen molar-refractivity contribution in [1.29, 1.82) is 0 Å². The summed E-state index contributed by atoms with van der Waals surface area (Å²) >= 11 is 0. The molecule has 27 heavy (non-hydrogen) atoms. The van der Waals surface area contributed by atoms with Gasteiger partial charge in [-0.15, -0.1) is 0 Å². The van der Waals surface area contributed by atoms with Crippen molar-refractivity contribution < 1.29 is 39.6 Å². The number of nitrogen functional groups attached to an aromatic ring is 2. The lowest BCUT2D eigenvalue weighted by atomic mass is 10.0. The molecule has 0 aromatic carbocycles. The molecule has 1 aromatic heterocycles. The number of Topliss-reactive ketones (excluding diaryl/α,β-unsaturated/α-hetero) is 1. The summed E-state index contributed by atoms with van der Waals surface area (Å²) in [6, 6.07) is -1.60. The molecule has 0 radical (unpaired) electrons. The monoisotopic (exact) mass is 385 g/mol. The normalized spacial score (nSPS) is 12.8. The Hall–Kier alpha value is -3.32. The number of nitrogens with zero attached hydrogens (tertiary/aromatic N) is 2. The van der Waals surface area contributed by atoms with E-state index in [9.17, 15) is 19.2 Å². The van der Waals surface area contributed by atoms with E-state index in [1.807, 2.05) is 5.32 Å². The van der Waals surface area contributed by atoms with Crippen molar-refractivity contribution in [3.05, 3.63) is 11.4 Å². The topological polar surface area (TPSA) is 239 Å². The summed E-state index contributed by atoms with van der Waals surface area (Å²) in [5, 5.41) is 37.4. The first-order chi connectivity index (χ1) is 12.6. The molecule has 1 rings (SSSR count). The molecule has 1 unspecified atom stereocenters. The Labute approximate surface area is 152 Å². The lowest BCUT2D eigenvalue weighted by Gasteiger charge is -2.13. The Morgan fingerprint density at radius 2 is 1.48 bits per heavy atom. The van der Waals surface area contributed by atoms with Gasteiger partial charge in [-0.25, -0.2) is 14.8 Å². The van der Waals surface area contributed by atoms with E-state index in [4.69, 9.17) is 31.9 Å². The van der Waals surface area contributed by atoms with Crippen molar-refractivity contribution in [3.63, 3.8) is 0 Å². The molecule has 0 aliphatic carbocycles. The molecule has 13 heteroatoms. The number of aliphatic hydroxyl groups excluding tert-OH is 2. The van der Waals surface area contributed by atoms with Gasteiger partial charge in [0.25, 0.3) is 5.91 Å². The number of nitrogens with two attached hydrogens (primary N) is 2. The van der Waals surface area contributed by atoms with Crippen LogP contribution in [0, 0.1) is 5.92 Å². The number of nitrogens with one attached hydrogen (secondary N) is 1. The number of aliphatic carboxylic acids is 2. The van der Waals surface area contributed by atoms with E-state index in [1.54, 1.807) is 0 Å². The molecule has 9 N–H and O–H groups in total. The highest BCUT2D eigenvalue weighted by Crippen LogP contribution is 2.17. The van der Waals surface area contributed by atoms with Crippen LogP contribution in [-0.4, -0.2) is 73.3 Å². The largest absolute Gasteiger partial charge is 0.481 e. The predicted molar refractivity (Wildman–Crippen MR) is 88.6 cm³/mol. The third-order valence-electron chi connectivity index (χ3n) is 3.50. The number of aromatic nitrogens is 2. The highest BCUT2D eigenvalue weighted by Gasteiger charge is 2.25. The quantitative estimate of drug-likeness (QED) is 0.206. The van der Waals surface area contributed by atoms with Crippen LogP contribution < -0.4 is 16.8 Å². The van der Waals surface area contributed by atoms with Crippen LogP contribution in [0.25, 0.3) is 0 Å². The first kappa shape index (κ1) is 21.7. The molecule has 1 heterocycles. The second kappa shape index (κ2) is 9.40. The van der Waals surface area contributed by atoms with Crippen LogP contribution in [-0.2, 0) is 9.59 Å². The zero-order chi connectivity index (χ0) is 20.7. The molecule has 0 fully saturated rings. The highest BCUT2D eigenvalue weighted by molar-refractivity contribution is 6.02. The number of hydrogen-bond donors (Lipinski definition) is 7. The van der Waals surface area contributed by atoms with Crippen molar-refractivity contribution >= 4 is 35.3 Å². The van der Waals surface area contributed by atoms with Gasteiger partial charge in [0.05, 0.1) is 19.1 Å². The minimum atomic E-state index is -1.60. The Kier molecular flexibility index (Phi) is 7.56. The van der Waals surface area contributed by atoms with E-state index < -0.39 is 66.1 Å². The summed E-state index contributed by atoms with van der Waals surface area (Å²) in [6.07, 6.45) is -0.488. The number of amides is 1. The minimum Gasteiger partial charge on any atom is -0.481 e. The van der Waals surface area contributed by atoms with E-state index in [-0.39, 0.29) is 18.5 Å². The van der Waals surface area contributed by atoms with Gasteiger partial charge >= 0.3 is 11.9 Å². The maximum Gasteiger partial charge on any atom is 0.328 e. The molecule has 148 valence electrons. The van der Waals surface area contributed by atoms with Crippen LogP contribution in [0.2, 0.25) is 0 Å². The van der Waals surface area contributed by atoms with E-state index >= 15 is 0 Å².